The molecule has 1 aromatic heterocycles. The number of aromatic nitrogens is 1. The van der Waals surface area contributed by atoms with Gasteiger partial charge in [-0.05, 0) is 89.6 Å². The molecule has 1 fully saturated rings. The summed E-state index contributed by atoms with van der Waals surface area (Å²) in [6.45, 7) is 12.3. The molecule has 1 heterocycles. The molecule has 0 unspecified atom stereocenters. The van der Waals surface area contributed by atoms with E-state index in [1.54, 1.807) is 0 Å². The second kappa shape index (κ2) is 14.4. The highest BCUT2D eigenvalue weighted by Gasteiger charge is 2.69. The summed E-state index contributed by atoms with van der Waals surface area (Å²) in [5.41, 5.74) is 0.581. The first kappa shape index (κ1) is 39.1. The normalized spacial score (nSPS) is 22.3. The van der Waals surface area contributed by atoms with Gasteiger partial charge in [-0.1, -0.05) is 88.4 Å². The molecule has 3 aliphatic carbocycles. The van der Waals surface area contributed by atoms with Crippen molar-refractivity contribution >= 4 is 41.6 Å². The molecule has 0 radical (unpaired) electrons. The van der Waals surface area contributed by atoms with Gasteiger partial charge in [-0.2, -0.15) is 0 Å². The third-order valence-electron chi connectivity index (χ3n) is 12.0. The smallest absolute Gasteiger partial charge is 0.265 e. The van der Waals surface area contributed by atoms with Crippen LogP contribution in [-0.2, 0) is 35.3 Å². The van der Waals surface area contributed by atoms with E-state index in [4.69, 9.17) is 18.4 Å². The van der Waals surface area contributed by atoms with Crippen LogP contribution < -0.4 is 9.47 Å². The molecule has 55 heavy (non-hydrogen) atoms. The summed E-state index contributed by atoms with van der Waals surface area (Å²) in [7, 11) is 0.783. The Morgan fingerprint density at radius 1 is 0.982 bits per heavy atom. The van der Waals surface area contributed by atoms with Crippen LogP contribution in [0.5, 0.6) is 11.6 Å². The van der Waals surface area contributed by atoms with Gasteiger partial charge in [-0.15, -0.1) is 0 Å². The largest absolute Gasteiger partial charge is 0.507 e. The lowest BCUT2D eigenvalue weighted by Gasteiger charge is -2.55. The molecule has 0 amide bonds. The fraction of sp³-hybridized carbons (Fsp3) is 0.419. The zero-order valence-electron chi connectivity index (χ0n) is 32.6. The number of fused-ring (bicyclic) bond motifs is 4. The Balaban J connectivity index is 1.43. The number of ketones is 2. The Bertz CT molecular complexity index is 2180. The van der Waals surface area contributed by atoms with Crippen molar-refractivity contribution in [2.45, 2.75) is 89.9 Å². The number of hydrogen-bond acceptors (Lipinski definition) is 9. The van der Waals surface area contributed by atoms with E-state index in [0.29, 0.717) is 16.5 Å². The molecule has 4 atom stereocenters. The number of rotatable bonds is 10. The predicted octanol–water partition coefficient (Wildman–Crippen LogP) is 9.59. The van der Waals surface area contributed by atoms with Gasteiger partial charge in [-0.3, -0.25) is 14.5 Å². The van der Waals surface area contributed by atoms with Crippen molar-refractivity contribution in [2.24, 2.45) is 11.8 Å². The predicted molar refractivity (Wildman–Crippen MR) is 213 cm³/mol. The molecular formula is C43H48BrFN2O7Si. The quantitative estimate of drug-likeness (QED) is 0.123. The number of Topliss-reactive ketones (excluding diaryl/α,β-unsaturated/α-hetero) is 2. The van der Waals surface area contributed by atoms with Crippen LogP contribution in [0.15, 0.2) is 75.2 Å². The standard InChI is InChI=1S/C43H48BrFN2O7Si/c1-9-27-33(44)37(51-22-24-16-12-10-13-17-24)31-28(34(27)45)20-26-21-29-35(47(5)6)38-32(41(46-53-38)52-23-25-18-14-11-15-19-25)40(50)43(29,39(49)30(26)36(31)48)54-55(7,8)42(2,3)4/h10-19,26,29,35,48H,9,20-23H2,1-8H3/t26-,29-,35-,43-/m0/s1. The van der Waals surface area contributed by atoms with E-state index in [0.717, 1.165) is 11.1 Å². The molecular weight excluding hydrogens is 783 g/mol. The maximum absolute atomic E-state index is 16.6. The molecule has 0 bridgehead atoms. The highest BCUT2D eigenvalue weighted by atomic mass is 79.9. The molecule has 0 aliphatic heterocycles. The van der Waals surface area contributed by atoms with Crippen LogP contribution in [0.2, 0.25) is 18.1 Å². The van der Waals surface area contributed by atoms with Crippen molar-refractivity contribution in [3.8, 4) is 11.6 Å². The topological polar surface area (TPSA) is 111 Å². The van der Waals surface area contributed by atoms with E-state index in [1.807, 2.05) is 120 Å². The van der Waals surface area contributed by atoms with E-state index in [9.17, 15) is 5.11 Å². The molecule has 1 saturated carbocycles. The molecule has 3 aromatic carbocycles. The first-order chi connectivity index (χ1) is 26.0. The fourth-order valence-electron chi connectivity index (χ4n) is 8.23. The van der Waals surface area contributed by atoms with E-state index >= 15 is 14.0 Å². The van der Waals surface area contributed by atoms with Gasteiger partial charge in [0.2, 0.25) is 11.6 Å². The molecule has 4 aromatic rings. The van der Waals surface area contributed by atoms with Crippen LogP contribution in [-0.4, -0.2) is 54.7 Å². The van der Waals surface area contributed by atoms with Crippen molar-refractivity contribution < 1.29 is 37.5 Å². The molecule has 0 saturated heterocycles. The Labute approximate surface area is 331 Å². The monoisotopic (exact) mass is 830 g/mol. The van der Waals surface area contributed by atoms with Gasteiger partial charge in [0.25, 0.3) is 5.88 Å². The highest BCUT2D eigenvalue weighted by molar-refractivity contribution is 9.10. The number of benzene rings is 3. The van der Waals surface area contributed by atoms with Crippen LogP contribution >= 0.6 is 15.9 Å². The van der Waals surface area contributed by atoms with Crippen molar-refractivity contribution in [1.29, 1.82) is 0 Å². The summed E-state index contributed by atoms with van der Waals surface area (Å²) in [5, 5.41) is 16.3. The summed E-state index contributed by atoms with van der Waals surface area (Å²) in [4.78, 5) is 33.1. The van der Waals surface area contributed by atoms with Crippen LogP contribution in [0.4, 0.5) is 4.39 Å². The van der Waals surface area contributed by atoms with E-state index < -0.39 is 60.0 Å². The number of aliphatic hydroxyl groups excluding tert-OH is 1. The molecule has 1 N–H and O–H groups in total. The summed E-state index contributed by atoms with van der Waals surface area (Å²) < 4.78 is 42.7. The van der Waals surface area contributed by atoms with Crippen LogP contribution in [0, 0.1) is 17.7 Å². The number of halogens is 2. The summed E-state index contributed by atoms with van der Waals surface area (Å²) in [5.74, 6) is -2.98. The first-order valence-electron chi connectivity index (χ1n) is 18.8. The van der Waals surface area contributed by atoms with E-state index in [1.165, 1.54) is 0 Å². The van der Waals surface area contributed by atoms with E-state index in [-0.39, 0.29) is 65.7 Å². The number of aliphatic hydroxyl groups is 1. The van der Waals surface area contributed by atoms with Crippen LogP contribution in [0.25, 0.3) is 5.76 Å². The lowest BCUT2D eigenvalue weighted by molar-refractivity contribution is -0.140. The van der Waals surface area contributed by atoms with Gasteiger partial charge in [-0.25, -0.2) is 4.39 Å². The Kier molecular flexibility index (Phi) is 10.3. The number of ether oxygens (including phenoxy) is 2. The average molecular weight is 832 g/mol. The first-order valence-corrected chi connectivity index (χ1v) is 22.5. The zero-order chi connectivity index (χ0) is 39.6. The second-order valence-corrected chi connectivity index (χ2v) is 22.1. The average Bonchev–Trinajstić information content (AvgIpc) is 3.56. The second-order valence-electron chi connectivity index (χ2n) is 16.6. The number of carbonyl (C=O) groups excluding carboxylic acids is 2. The third kappa shape index (κ3) is 6.38. The molecule has 9 nitrogen and oxygen atoms in total. The molecule has 290 valence electrons. The zero-order valence-corrected chi connectivity index (χ0v) is 35.2. The van der Waals surface area contributed by atoms with Crippen molar-refractivity contribution in [3.63, 3.8) is 0 Å². The van der Waals surface area contributed by atoms with Gasteiger partial charge in [0.1, 0.15) is 36.1 Å². The Morgan fingerprint density at radius 2 is 1.58 bits per heavy atom. The molecule has 3 aliphatic rings. The van der Waals surface area contributed by atoms with Gasteiger partial charge in [0.05, 0.1) is 16.1 Å². The van der Waals surface area contributed by atoms with Crippen molar-refractivity contribution in [1.82, 2.24) is 10.1 Å². The lowest BCUT2D eigenvalue weighted by Crippen LogP contribution is -2.68. The number of nitrogens with zero attached hydrogens (tertiary/aromatic N) is 2. The minimum Gasteiger partial charge on any atom is -0.507 e. The highest BCUT2D eigenvalue weighted by Crippen LogP contribution is 2.59. The molecule has 12 heteroatoms. The minimum absolute atomic E-state index is 0.0239. The number of hydrogen-bond donors (Lipinski definition) is 1. The summed E-state index contributed by atoms with van der Waals surface area (Å²) >= 11 is 3.60. The Hall–Kier alpha value is -4.10. The van der Waals surface area contributed by atoms with E-state index in [2.05, 4.69) is 21.1 Å². The molecule has 0 spiro atoms. The fourth-order valence-corrected chi connectivity index (χ4v) is 10.4. The van der Waals surface area contributed by atoms with Gasteiger partial charge < -0.3 is 23.5 Å². The number of carbonyl (C=O) groups is 2. The van der Waals surface area contributed by atoms with Crippen molar-refractivity contribution in [3.05, 3.63) is 116 Å². The van der Waals surface area contributed by atoms with Crippen LogP contribution in [0.3, 0.4) is 0 Å². The summed E-state index contributed by atoms with van der Waals surface area (Å²) in [6, 6.07) is 18.4. The van der Waals surface area contributed by atoms with Crippen molar-refractivity contribution in [2.75, 3.05) is 14.1 Å². The SMILES string of the molecule is CCc1c(F)c2c(c(OCc3ccccc3)c1Br)C(O)=C1C(=O)[C@]3(O[Si](C)(C)C(C)(C)C)C(=O)c4c(OCc5ccccc5)noc4[C@@H](N(C)C)[C@@H]3C[C@@H]1C2. The maximum Gasteiger partial charge on any atom is 0.265 e. The lowest BCUT2D eigenvalue weighted by atomic mass is 9.57. The Morgan fingerprint density at radius 3 is 2.15 bits per heavy atom. The molecule has 7 rings (SSSR count). The third-order valence-corrected chi connectivity index (χ3v) is 17.3. The van der Waals surface area contributed by atoms with Gasteiger partial charge >= 0.3 is 0 Å². The minimum atomic E-state index is -2.94. The van der Waals surface area contributed by atoms with Gasteiger partial charge in [0.15, 0.2) is 19.7 Å². The maximum atomic E-state index is 16.6. The van der Waals surface area contributed by atoms with Crippen LogP contribution in [0.1, 0.15) is 84.1 Å². The van der Waals surface area contributed by atoms with Gasteiger partial charge in [0, 0.05) is 22.6 Å². The summed E-state index contributed by atoms with van der Waals surface area (Å²) in [6.07, 6.45) is 0.712.